The topological polar surface area (TPSA) is 102 Å². The lowest BCUT2D eigenvalue weighted by Crippen LogP contribution is -2.44. The Labute approximate surface area is 134 Å². The SMILES string of the molecule is CC(C)C(CCc1c[nH]c2ccc(F)cc12)(CC(N)=O)C(N)=O. The highest BCUT2D eigenvalue weighted by molar-refractivity contribution is 5.88. The maximum atomic E-state index is 13.4. The van der Waals surface area contributed by atoms with Crippen LogP contribution in [0, 0.1) is 17.2 Å². The first-order valence-corrected chi connectivity index (χ1v) is 7.60. The van der Waals surface area contributed by atoms with Gasteiger partial charge in [-0.15, -0.1) is 0 Å². The fraction of sp³-hybridized carbons (Fsp3) is 0.412. The van der Waals surface area contributed by atoms with Gasteiger partial charge in [0.2, 0.25) is 11.8 Å². The smallest absolute Gasteiger partial charge is 0.224 e. The maximum absolute atomic E-state index is 13.4. The van der Waals surface area contributed by atoms with Crippen molar-refractivity contribution >= 4 is 22.7 Å². The largest absolute Gasteiger partial charge is 0.370 e. The van der Waals surface area contributed by atoms with Crippen LogP contribution in [-0.4, -0.2) is 16.8 Å². The first-order chi connectivity index (χ1) is 10.8. The van der Waals surface area contributed by atoms with Gasteiger partial charge in [-0.2, -0.15) is 0 Å². The van der Waals surface area contributed by atoms with Crippen molar-refractivity contribution in [2.45, 2.75) is 33.1 Å². The monoisotopic (exact) mass is 319 g/mol. The van der Waals surface area contributed by atoms with E-state index in [0.29, 0.717) is 12.8 Å². The third-order valence-corrected chi connectivity index (χ3v) is 4.66. The Bertz CT molecular complexity index is 739. The number of halogens is 1. The highest BCUT2D eigenvalue weighted by Gasteiger charge is 2.41. The van der Waals surface area contributed by atoms with E-state index in [1.807, 2.05) is 13.8 Å². The Balaban J connectivity index is 2.31. The number of rotatable bonds is 7. The average molecular weight is 319 g/mol. The number of aromatic nitrogens is 1. The molecule has 0 spiro atoms. The van der Waals surface area contributed by atoms with Crippen LogP contribution in [0.15, 0.2) is 24.4 Å². The van der Waals surface area contributed by atoms with Gasteiger partial charge in [0, 0.05) is 23.5 Å². The first kappa shape index (κ1) is 17.0. The number of nitrogens with one attached hydrogen (secondary N) is 1. The molecule has 1 aromatic carbocycles. The van der Waals surface area contributed by atoms with Crippen molar-refractivity contribution < 1.29 is 14.0 Å². The number of benzene rings is 1. The Morgan fingerprint density at radius 1 is 1.30 bits per heavy atom. The van der Waals surface area contributed by atoms with Gasteiger partial charge < -0.3 is 16.5 Å². The summed E-state index contributed by atoms with van der Waals surface area (Å²) >= 11 is 0. The molecule has 6 heteroatoms. The fourth-order valence-corrected chi connectivity index (χ4v) is 3.10. The van der Waals surface area contributed by atoms with Crippen LogP contribution in [0.4, 0.5) is 4.39 Å². The number of hydrogen-bond acceptors (Lipinski definition) is 2. The molecule has 5 N–H and O–H groups in total. The number of H-pyrrole nitrogens is 1. The van der Waals surface area contributed by atoms with E-state index >= 15 is 0 Å². The van der Waals surface area contributed by atoms with Gasteiger partial charge in [-0.1, -0.05) is 13.8 Å². The van der Waals surface area contributed by atoms with Gasteiger partial charge in [0.25, 0.3) is 0 Å². The second-order valence-corrected chi connectivity index (χ2v) is 6.32. The van der Waals surface area contributed by atoms with Crippen LogP contribution in [0.5, 0.6) is 0 Å². The fourth-order valence-electron chi connectivity index (χ4n) is 3.10. The van der Waals surface area contributed by atoms with Gasteiger partial charge in [0.1, 0.15) is 5.82 Å². The molecule has 5 nitrogen and oxygen atoms in total. The summed E-state index contributed by atoms with van der Waals surface area (Å²) in [6, 6.07) is 4.51. The number of amides is 2. The highest BCUT2D eigenvalue weighted by atomic mass is 19.1. The van der Waals surface area contributed by atoms with Crippen LogP contribution in [0.25, 0.3) is 10.9 Å². The van der Waals surface area contributed by atoms with Crippen molar-refractivity contribution in [3.8, 4) is 0 Å². The van der Waals surface area contributed by atoms with Gasteiger partial charge >= 0.3 is 0 Å². The number of fused-ring (bicyclic) bond motifs is 1. The van der Waals surface area contributed by atoms with E-state index in [-0.39, 0.29) is 18.2 Å². The Kier molecular flexibility index (Phi) is 4.73. The molecule has 0 bridgehead atoms. The molecule has 1 aromatic heterocycles. The molecule has 1 heterocycles. The zero-order valence-electron chi connectivity index (χ0n) is 13.4. The summed E-state index contributed by atoms with van der Waals surface area (Å²) in [4.78, 5) is 26.5. The number of carbonyl (C=O) groups is 2. The van der Waals surface area contributed by atoms with Crippen molar-refractivity contribution in [2.75, 3.05) is 0 Å². The van der Waals surface area contributed by atoms with Crippen LogP contribution >= 0.6 is 0 Å². The van der Waals surface area contributed by atoms with E-state index in [0.717, 1.165) is 16.5 Å². The second kappa shape index (κ2) is 6.40. The maximum Gasteiger partial charge on any atom is 0.224 e. The summed E-state index contributed by atoms with van der Waals surface area (Å²) in [7, 11) is 0. The molecule has 2 aromatic rings. The molecule has 0 fully saturated rings. The minimum absolute atomic E-state index is 0.0866. The van der Waals surface area contributed by atoms with Crippen molar-refractivity contribution in [2.24, 2.45) is 22.8 Å². The Morgan fingerprint density at radius 3 is 2.57 bits per heavy atom. The van der Waals surface area contributed by atoms with Gasteiger partial charge in [0.15, 0.2) is 0 Å². The van der Waals surface area contributed by atoms with Crippen LogP contribution in [0.1, 0.15) is 32.3 Å². The van der Waals surface area contributed by atoms with Crippen molar-refractivity contribution in [3.63, 3.8) is 0 Å². The summed E-state index contributed by atoms with van der Waals surface area (Å²) in [5.41, 5.74) is 11.6. The zero-order valence-corrected chi connectivity index (χ0v) is 13.4. The number of carbonyl (C=O) groups excluding carboxylic acids is 2. The minimum Gasteiger partial charge on any atom is -0.370 e. The normalized spacial score (nSPS) is 14.1. The third kappa shape index (κ3) is 3.36. The molecule has 1 atom stereocenters. The molecule has 0 radical (unpaired) electrons. The van der Waals surface area contributed by atoms with Gasteiger partial charge in [-0.05, 0) is 42.5 Å². The molecule has 0 saturated heterocycles. The van der Waals surface area contributed by atoms with Crippen LogP contribution in [-0.2, 0) is 16.0 Å². The van der Waals surface area contributed by atoms with Crippen LogP contribution < -0.4 is 11.5 Å². The molecule has 124 valence electrons. The second-order valence-electron chi connectivity index (χ2n) is 6.32. The van der Waals surface area contributed by atoms with E-state index in [2.05, 4.69) is 4.98 Å². The average Bonchev–Trinajstić information content (AvgIpc) is 2.84. The quantitative estimate of drug-likeness (QED) is 0.728. The van der Waals surface area contributed by atoms with Crippen molar-refractivity contribution in [1.29, 1.82) is 0 Å². The number of hydrogen-bond donors (Lipinski definition) is 3. The standard InChI is InChI=1S/C17H22FN3O2/c1-10(2)17(16(20)23,8-15(19)22)6-5-11-9-21-14-4-3-12(18)7-13(11)14/h3-4,7,9-10,21H,5-6,8H2,1-2H3,(H2,19,22)(H2,20,23). The van der Waals surface area contributed by atoms with E-state index in [9.17, 15) is 14.0 Å². The Morgan fingerprint density at radius 2 is 2.00 bits per heavy atom. The van der Waals surface area contributed by atoms with Crippen molar-refractivity contribution in [3.05, 3.63) is 35.8 Å². The van der Waals surface area contributed by atoms with Crippen LogP contribution in [0.2, 0.25) is 0 Å². The molecule has 0 aliphatic rings. The zero-order chi connectivity index (χ0) is 17.2. The molecule has 2 amide bonds. The number of aromatic amines is 1. The lowest BCUT2D eigenvalue weighted by Gasteiger charge is -2.33. The highest BCUT2D eigenvalue weighted by Crippen LogP contribution is 2.37. The molecule has 0 aliphatic heterocycles. The van der Waals surface area contributed by atoms with Gasteiger partial charge in [0.05, 0.1) is 5.41 Å². The molecule has 0 saturated carbocycles. The third-order valence-electron chi connectivity index (χ3n) is 4.66. The lowest BCUT2D eigenvalue weighted by atomic mass is 9.70. The Hall–Kier alpha value is -2.37. The minimum atomic E-state index is -0.997. The van der Waals surface area contributed by atoms with E-state index in [1.165, 1.54) is 12.1 Å². The summed E-state index contributed by atoms with van der Waals surface area (Å²) < 4.78 is 13.4. The van der Waals surface area contributed by atoms with Gasteiger partial charge in [-0.25, -0.2) is 4.39 Å². The van der Waals surface area contributed by atoms with Crippen molar-refractivity contribution in [1.82, 2.24) is 4.98 Å². The number of primary amides is 2. The predicted octanol–water partition coefficient (Wildman–Crippen LogP) is 2.24. The molecular formula is C17H22FN3O2. The summed E-state index contributed by atoms with van der Waals surface area (Å²) in [5, 5.41) is 0.770. The summed E-state index contributed by atoms with van der Waals surface area (Å²) in [6.07, 6.45) is 2.58. The molecule has 0 aliphatic carbocycles. The predicted molar refractivity (Wildman–Crippen MR) is 86.9 cm³/mol. The van der Waals surface area contributed by atoms with E-state index < -0.39 is 17.2 Å². The van der Waals surface area contributed by atoms with E-state index in [4.69, 9.17) is 11.5 Å². The molecular weight excluding hydrogens is 297 g/mol. The summed E-state index contributed by atoms with van der Waals surface area (Å²) in [5.74, 6) is -1.53. The van der Waals surface area contributed by atoms with E-state index in [1.54, 1.807) is 12.3 Å². The lowest BCUT2D eigenvalue weighted by molar-refractivity contribution is -0.136. The van der Waals surface area contributed by atoms with Crippen LogP contribution in [0.3, 0.4) is 0 Å². The summed E-state index contributed by atoms with van der Waals surface area (Å²) in [6.45, 7) is 3.70. The first-order valence-electron chi connectivity index (χ1n) is 7.60. The number of aryl methyl sites for hydroxylation is 1. The molecule has 2 rings (SSSR count). The molecule has 1 unspecified atom stereocenters. The van der Waals surface area contributed by atoms with Gasteiger partial charge in [-0.3, -0.25) is 9.59 Å². The molecule has 23 heavy (non-hydrogen) atoms. The number of nitrogens with two attached hydrogens (primary N) is 2.